The Morgan fingerprint density at radius 2 is 1.50 bits per heavy atom. The molecule has 1 aliphatic heterocycles. The third-order valence-corrected chi connectivity index (χ3v) is 9.21. The number of hydrogen-bond acceptors (Lipinski definition) is 6. The van der Waals surface area contributed by atoms with Gasteiger partial charge in [-0.15, -0.1) is 11.3 Å². The molecule has 0 aliphatic carbocycles. The first-order valence-electron chi connectivity index (χ1n) is 7.48. The Morgan fingerprint density at radius 3 is 2.04 bits per heavy atom. The Kier molecular flexibility index (Phi) is 4.69. The molecule has 2 heterocycles. The normalized spacial score (nSPS) is 16.4. The first-order chi connectivity index (χ1) is 11.4. The van der Waals surface area contributed by atoms with Crippen LogP contribution in [0.3, 0.4) is 0 Å². The highest BCUT2D eigenvalue weighted by Crippen LogP contribution is 2.31. The largest absolute Gasteiger partial charge is 0.380 e. The molecule has 0 bridgehead atoms. The van der Waals surface area contributed by atoms with Crippen LogP contribution in [0.25, 0.3) is 0 Å². The molecule has 1 aliphatic rings. The van der Waals surface area contributed by atoms with E-state index in [1.807, 2.05) is 0 Å². The van der Waals surface area contributed by atoms with E-state index in [1.165, 1.54) is 28.6 Å². The lowest BCUT2D eigenvalue weighted by Gasteiger charge is -2.15. The predicted molar refractivity (Wildman–Crippen MR) is 93.8 cm³/mol. The first-order valence-corrected chi connectivity index (χ1v) is 11.2. The lowest BCUT2D eigenvalue weighted by Crippen LogP contribution is -2.27. The standard InChI is InChI=1S/C15H18N2O4S3/c1-16-14-8-9-15(22-14)23(18,19)12-4-6-13(7-5-12)24(20,21)17-10-2-3-11-17/h4-9,16H,2-3,10-11H2,1H3. The molecular formula is C15H18N2O4S3. The molecule has 0 spiro atoms. The summed E-state index contributed by atoms with van der Waals surface area (Å²) in [5.41, 5.74) is 0. The van der Waals surface area contributed by atoms with Crippen LogP contribution in [0.1, 0.15) is 12.8 Å². The smallest absolute Gasteiger partial charge is 0.243 e. The van der Waals surface area contributed by atoms with Crippen LogP contribution in [0.4, 0.5) is 5.00 Å². The molecule has 0 radical (unpaired) electrons. The first kappa shape index (κ1) is 17.4. The fraction of sp³-hybridized carbons (Fsp3) is 0.333. The average Bonchev–Trinajstić information content (AvgIpc) is 3.26. The van der Waals surface area contributed by atoms with Crippen molar-refractivity contribution in [1.82, 2.24) is 4.31 Å². The van der Waals surface area contributed by atoms with E-state index < -0.39 is 19.9 Å². The molecule has 0 amide bonds. The molecule has 1 aromatic heterocycles. The fourth-order valence-electron chi connectivity index (χ4n) is 2.58. The molecule has 1 aromatic carbocycles. The summed E-state index contributed by atoms with van der Waals surface area (Å²) >= 11 is 1.14. The van der Waals surface area contributed by atoms with Crippen molar-refractivity contribution in [3.8, 4) is 0 Å². The van der Waals surface area contributed by atoms with Gasteiger partial charge < -0.3 is 5.32 Å². The lowest BCUT2D eigenvalue weighted by molar-refractivity contribution is 0.477. The Hall–Kier alpha value is -1.42. The second kappa shape index (κ2) is 6.47. The van der Waals surface area contributed by atoms with Crippen LogP contribution in [0.15, 0.2) is 50.4 Å². The summed E-state index contributed by atoms with van der Waals surface area (Å²) in [5.74, 6) is 0. The second-order valence-electron chi connectivity index (χ2n) is 5.45. The highest BCUT2D eigenvalue weighted by Gasteiger charge is 2.28. The topological polar surface area (TPSA) is 83.5 Å². The van der Waals surface area contributed by atoms with Crippen LogP contribution in [0.5, 0.6) is 0 Å². The van der Waals surface area contributed by atoms with E-state index in [-0.39, 0.29) is 14.0 Å². The minimum atomic E-state index is -3.64. The average molecular weight is 387 g/mol. The Labute approximate surface area is 146 Å². The second-order valence-corrected chi connectivity index (χ2v) is 10.7. The van der Waals surface area contributed by atoms with Crippen LogP contribution < -0.4 is 5.32 Å². The lowest BCUT2D eigenvalue weighted by atomic mass is 10.4. The summed E-state index contributed by atoms with van der Waals surface area (Å²) in [4.78, 5) is 0.220. The van der Waals surface area contributed by atoms with Gasteiger partial charge in [0.1, 0.15) is 4.21 Å². The van der Waals surface area contributed by atoms with Crippen LogP contribution in [0, 0.1) is 0 Å². The zero-order valence-corrected chi connectivity index (χ0v) is 15.5. The molecule has 0 atom stereocenters. The minimum absolute atomic E-state index is 0.0902. The number of anilines is 1. The van der Waals surface area contributed by atoms with E-state index in [0.29, 0.717) is 13.1 Å². The summed E-state index contributed by atoms with van der Waals surface area (Å²) in [5, 5.41) is 3.65. The van der Waals surface area contributed by atoms with Gasteiger partial charge >= 0.3 is 0 Å². The number of sulfonamides is 1. The van der Waals surface area contributed by atoms with E-state index in [9.17, 15) is 16.8 Å². The van der Waals surface area contributed by atoms with E-state index in [4.69, 9.17) is 0 Å². The Balaban J connectivity index is 1.91. The van der Waals surface area contributed by atoms with E-state index in [2.05, 4.69) is 5.32 Å². The number of rotatable bonds is 5. The molecule has 1 fully saturated rings. The number of thiophene rings is 1. The molecule has 3 rings (SSSR count). The van der Waals surface area contributed by atoms with Crippen LogP contribution >= 0.6 is 11.3 Å². The van der Waals surface area contributed by atoms with Gasteiger partial charge in [0.2, 0.25) is 19.9 Å². The van der Waals surface area contributed by atoms with Gasteiger partial charge in [-0.1, -0.05) is 0 Å². The molecule has 6 nitrogen and oxygen atoms in total. The molecular weight excluding hydrogens is 368 g/mol. The highest BCUT2D eigenvalue weighted by atomic mass is 32.2. The van der Waals surface area contributed by atoms with Gasteiger partial charge in [0.25, 0.3) is 0 Å². The van der Waals surface area contributed by atoms with Crippen molar-refractivity contribution in [3.63, 3.8) is 0 Å². The van der Waals surface area contributed by atoms with Gasteiger partial charge in [0.05, 0.1) is 14.8 Å². The maximum atomic E-state index is 12.6. The van der Waals surface area contributed by atoms with Gasteiger partial charge in [-0.2, -0.15) is 4.31 Å². The summed E-state index contributed by atoms with van der Waals surface area (Å²) in [6.07, 6.45) is 1.72. The Morgan fingerprint density at radius 1 is 0.917 bits per heavy atom. The van der Waals surface area contributed by atoms with Crippen molar-refractivity contribution in [2.45, 2.75) is 26.8 Å². The van der Waals surface area contributed by atoms with Gasteiger partial charge in [0, 0.05) is 20.1 Å². The SMILES string of the molecule is CNc1ccc(S(=O)(=O)c2ccc(S(=O)(=O)N3CCCC3)cc2)s1. The molecule has 2 aromatic rings. The molecule has 0 saturated carbocycles. The molecule has 0 unspecified atom stereocenters. The third-order valence-electron chi connectivity index (χ3n) is 3.93. The summed E-state index contributed by atoms with van der Waals surface area (Å²) in [6.45, 7) is 1.04. The zero-order chi connectivity index (χ0) is 17.4. The van der Waals surface area contributed by atoms with E-state index in [0.717, 1.165) is 29.2 Å². The molecule has 9 heteroatoms. The van der Waals surface area contributed by atoms with Crippen molar-refractivity contribution in [1.29, 1.82) is 0 Å². The zero-order valence-electron chi connectivity index (χ0n) is 13.1. The van der Waals surface area contributed by atoms with Crippen LogP contribution in [0.2, 0.25) is 0 Å². The van der Waals surface area contributed by atoms with E-state index in [1.54, 1.807) is 19.2 Å². The summed E-state index contributed by atoms with van der Waals surface area (Å²) < 4.78 is 51.8. The monoisotopic (exact) mass is 386 g/mol. The van der Waals surface area contributed by atoms with Crippen LogP contribution in [-0.4, -0.2) is 41.3 Å². The predicted octanol–water partition coefficient (Wildman–Crippen LogP) is 2.41. The van der Waals surface area contributed by atoms with E-state index >= 15 is 0 Å². The third kappa shape index (κ3) is 3.08. The molecule has 130 valence electrons. The van der Waals surface area contributed by atoms with Crippen LogP contribution in [-0.2, 0) is 19.9 Å². The number of sulfone groups is 1. The van der Waals surface area contributed by atoms with Crippen molar-refractivity contribution in [2.75, 3.05) is 25.5 Å². The number of benzene rings is 1. The Bertz CT molecular complexity index is 925. The van der Waals surface area contributed by atoms with Gasteiger partial charge in [-0.3, -0.25) is 0 Å². The highest BCUT2D eigenvalue weighted by molar-refractivity contribution is 7.93. The quantitative estimate of drug-likeness (QED) is 0.853. The number of hydrogen-bond donors (Lipinski definition) is 1. The van der Waals surface area contributed by atoms with Crippen molar-refractivity contribution < 1.29 is 16.8 Å². The number of nitrogens with one attached hydrogen (secondary N) is 1. The molecule has 1 N–H and O–H groups in total. The minimum Gasteiger partial charge on any atom is -0.380 e. The van der Waals surface area contributed by atoms with Crippen molar-refractivity contribution in [3.05, 3.63) is 36.4 Å². The van der Waals surface area contributed by atoms with Crippen molar-refractivity contribution >= 4 is 36.2 Å². The van der Waals surface area contributed by atoms with Gasteiger partial charge in [-0.25, -0.2) is 16.8 Å². The number of nitrogens with zero attached hydrogens (tertiary/aromatic N) is 1. The maximum Gasteiger partial charge on any atom is 0.243 e. The van der Waals surface area contributed by atoms with Crippen molar-refractivity contribution in [2.24, 2.45) is 0 Å². The summed E-state index contributed by atoms with van der Waals surface area (Å²) in [6, 6.07) is 8.69. The van der Waals surface area contributed by atoms with Gasteiger partial charge in [0.15, 0.2) is 0 Å². The molecule has 1 saturated heterocycles. The molecule has 24 heavy (non-hydrogen) atoms. The maximum absolute atomic E-state index is 12.6. The fourth-order valence-corrected chi connectivity index (χ4v) is 6.66. The summed E-state index contributed by atoms with van der Waals surface area (Å²) in [7, 11) is -5.45. The van der Waals surface area contributed by atoms with Gasteiger partial charge in [-0.05, 0) is 49.2 Å².